The third kappa shape index (κ3) is 4.54. The smallest absolute Gasteiger partial charge is 0.109 e. The number of pyridine rings is 1. The quantitative estimate of drug-likeness (QED) is 0.762. The predicted octanol–water partition coefficient (Wildman–Crippen LogP) is 0.0814. The van der Waals surface area contributed by atoms with E-state index in [0.717, 1.165) is 51.4 Å². The van der Waals surface area contributed by atoms with Gasteiger partial charge >= 0.3 is 0 Å². The van der Waals surface area contributed by atoms with Crippen LogP contribution in [0.4, 0.5) is 0 Å². The highest BCUT2D eigenvalue weighted by Crippen LogP contribution is 2.12. The Labute approximate surface area is 115 Å². The maximum absolute atomic E-state index is 10.1. The highest BCUT2D eigenvalue weighted by Gasteiger charge is 2.19. The van der Waals surface area contributed by atoms with Gasteiger partial charge < -0.3 is 15.7 Å². The van der Waals surface area contributed by atoms with Crippen LogP contribution in [0, 0.1) is 0 Å². The van der Waals surface area contributed by atoms with E-state index >= 15 is 0 Å². The lowest BCUT2D eigenvalue weighted by Crippen LogP contribution is -2.47. The molecule has 19 heavy (non-hydrogen) atoms. The average Bonchev–Trinajstić information content (AvgIpc) is 2.47. The van der Waals surface area contributed by atoms with Gasteiger partial charge in [0.1, 0.15) is 6.10 Å². The van der Waals surface area contributed by atoms with Gasteiger partial charge in [-0.05, 0) is 31.6 Å². The minimum Gasteiger partial charge on any atom is -0.385 e. The second-order valence-corrected chi connectivity index (χ2v) is 5.05. The number of aromatic nitrogens is 1. The normalized spacial score (nSPS) is 19.5. The van der Waals surface area contributed by atoms with Crippen LogP contribution in [0.5, 0.6) is 0 Å². The van der Waals surface area contributed by atoms with Crippen molar-refractivity contribution < 1.29 is 5.11 Å². The molecule has 3 N–H and O–H groups in total. The van der Waals surface area contributed by atoms with Crippen molar-refractivity contribution in [3.05, 3.63) is 30.1 Å². The zero-order chi connectivity index (χ0) is 13.5. The van der Waals surface area contributed by atoms with E-state index in [1.165, 1.54) is 0 Å². The van der Waals surface area contributed by atoms with Gasteiger partial charge in [0.15, 0.2) is 0 Å². The van der Waals surface area contributed by atoms with E-state index < -0.39 is 6.10 Å². The zero-order valence-electron chi connectivity index (χ0n) is 11.4. The highest BCUT2D eigenvalue weighted by atomic mass is 16.3. The van der Waals surface area contributed by atoms with Crippen molar-refractivity contribution in [2.75, 3.05) is 45.8 Å². The third-order valence-corrected chi connectivity index (χ3v) is 3.60. The van der Waals surface area contributed by atoms with Crippen molar-refractivity contribution in [3.8, 4) is 0 Å². The van der Waals surface area contributed by atoms with E-state index in [1.54, 1.807) is 6.20 Å². The molecule has 1 unspecified atom stereocenters. The van der Waals surface area contributed by atoms with Crippen LogP contribution in [0.3, 0.4) is 0 Å². The van der Waals surface area contributed by atoms with E-state index in [4.69, 9.17) is 5.73 Å². The molecule has 1 aliphatic heterocycles. The van der Waals surface area contributed by atoms with E-state index in [1.807, 2.05) is 18.2 Å². The summed E-state index contributed by atoms with van der Waals surface area (Å²) in [5.41, 5.74) is 6.28. The van der Waals surface area contributed by atoms with Gasteiger partial charge in [-0.1, -0.05) is 6.07 Å². The summed E-state index contributed by atoms with van der Waals surface area (Å²) in [6.45, 7) is 6.67. The fraction of sp³-hybridized carbons (Fsp3) is 0.643. The molecule has 1 aromatic heterocycles. The average molecular weight is 264 g/mol. The van der Waals surface area contributed by atoms with Crippen molar-refractivity contribution in [2.45, 2.75) is 12.5 Å². The molecular formula is C14H24N4O. The molecule has 1 aromatic rings. The first-order valence-electron chi connectivity index (χ1n) is 7.03. The molecule has 1 aliphatic rings. The van der Waals surface area contributed by atoms with Gasteiger partial charge in [-0.3, -0.25) is 9.88 Å². The van der Waals surface area contributed by atoms with Gasteiger partial charge in [0, 0.05) is 38.9 Å². The maximum Gasteiger partial charge on any atom is 0.109 e. The number of hydrogen-bond donors (Lipinski definition) is 2. The van der Waals surface area contributed by atoms with Gasteiger partial charge in [0.2, 0.25) is 0 Å². The minimum absolute atomic E-state index is 0.489. The fourth-order valence-electron chi connectivity index (χ4n) is 2.42. The lowest BCUT2D eigenvalue weighted by Gasteiger charge is -2.35. The molecule has 0 amide bonds. The second kappa shape index (κ2) is 7.55. The topological polar surface area (TPSA) is 65.6 Å². The largest absolute Gasteiger partial charge is 0.385 e. The standard InChI is InChI=1S/C14H24N4O/c15-5-3-7-17-8-10-18(11-9-17)12-14(19)13-4-1-2-6-16-13/h1-2,4,6,14,19H,3,5,7-12,15H2. The van der Waals surface area contributed by atoms with Gasteiger partial charge in [0.25, 0.3) is 0 Å². The number of piperazine rings is 1. The van der Waals surface area contributed by atoms with Crippen LogP contribution in [-0.4, -0.2) is 65.7 Å². The summed E-state index contributed by atoms with van der Waals surface area (Å²) in [5.74, 6) is 0. The summed E-state index contributed by atoms with van der Waals surface area (Å²) < 4.78 is 0. The molecule has 106 valence electrons. The van der Waals surface area contributed by atoms with Gasteiger partial charge in [-0.2, -0.15) is 0 Å². The molecule has 0 bridgehead atoms. The molecule has 1 fully saturated rings. The number of rotatable bonds is 6. The maximum atomic E-state index is 10.1. The summed E-state index contributed by atoms with van der Waals surface area (Å²) in [7, 11) is 0. The molecule has 1 atom stereocenters. The molecule has 0 saturated carbocycles. The molecule has 0 radical (unpaired) electrons. The van der Waals surface area contributed by atoms with Gasteiger partial charge in [-0.15, -0.1) is 0 Å². The van der Waals surface area contributed by atoms with Crippen LogP contribution < -0.4 is 5.73 Å². The minimum atomic E-state index is -0.489. The first-order valence-corrected chi connectivity index (χ1v) is 7.03. The van der Waals surface area contributed by atoms with Crippen LogP contribution in [0.15, 0.2) is 24.4 Å². The third-order valence-electron chi connectivity index (χ3n) is 3.60. The zero-order valence-corrected chi connectivity index (χ0v) is 11.4. The summed E-state index contributed by atoms with van der Waals surface area (Å²) in [6, 6.07) is 5.66. The predicted molar refractivity (Wildman–Crippen MR) is 75.7 cm³/mol. The summed E-state index contributed by atoms with van der Waals surface area (Å²) in [5, 5.41) is 10.1. The summed E-state index contributed by atoms with van der Waals surface area (Å²) >= 11 is 0. The highest BCUT2D eigenvalue weighted by molar-refractivity contribution is 5.07. The van der Waals surface area contributed by atoms with Crippen molar-refractivity contribution in [1.29, 1.82) is 0 Å². The number of β-amino-alcohol motifs (C(OH)–C–C–N with tert-alkyl or cyclic N) is 1. The van der Waals surface area contributed by atoms with Crippen LogP contribution >= 0.6 is 0 Å². The van der Waals surface area contributed by atoms with E-state index in [2.05, 4.69) is 14.8 Å². The molecule has 2 heterocycles. The van der Waals surface area contributed by atoms with E-state index in [9.17, 15) is 5.11 Å². The van der Waals surface area contributed by atoms with E-state index in [-0.39, 0.29) is 0 Å². The van der Waals surface area contributed by atoms with E-state index in [0.29, 0.717) is 6.54 Å². The van der Waals surface area contributed by atoms with Crippen LogP contribution in [-0.2, 0) is 0 Å². The fourth-order valence-corrected chi connectivity index (χ4v) is 2.42. The number of aliphatic hydroxyl groups excluding tert-OH is 1. The Bertz CT molecular complexity index is 352. The molecule has 5 heteroatoms. The number of hydrogen-bond acceptors (Lipinski definition) is 5. The molecule has 2 rings (SSSR count). The molecule has 1 saturated heterocycles. The summed E-state index contributed by atoms with van der Waals surface area (Å²) in [4.78, 5) is 8.94. The first kappa shape index (κ1) is 14.4. The van der Waals surface area contributed by atoms with Crippen molar-refractivity contribution in [3.63, 3.8) is 0 Å². The van der Waals surface area contributed by atoms with Crippen molar-refractivity contribution in [1.82, 2.24) is 14.8 Å². The number of nitrogens with zero attached hydrogens (tertiary/aromatic N) is 3. The van der Waals surface area contributed by atoms with Crippen LogP contribution in [0.2, 0.25) is 0 Å². The Morgan fingerprint density at radius 2 is 1.95 bits per heavy atom. The Morgan fingerprint density at radius 1 is 1.21 bits per heavy atom. The monoisotopic (exact) mass is 264 g/mol. The number of aliphatic hydroxyl groups is 1. The second-order valence-electron chi connectivity index (χ2n) is 5.05. The lowest BCUT2D eigenvalue weighted by molar-refractivity contribution is 0.0705. The lowest BCUT2D eigenvalue weighted by atomic mass is 10.2. The molecule has 5 nitrogen and oxygen atoms in total. The SMILES string of the molecule is NCCCN1CCN(CC(O)c2ccccn2)CC1. The van der Waals surface area contributed by atoms with Gasteiger partial charge in [-0.25, -0.2) is 0 Å². The van der Waals surface area contributed by atoms with Crippen LogP contribution in [0.25, 0.3) is 0 Å². The molecule has 0 spiro atoms. The summed E-state index contributed by atoms with van der Waals surface area (Å²) in [6.07, 6.45) is 2.30. The Morgan fingerprint density at radius 3 is 2.58 bits per heavy atom. The number of nitrogens with two attached hydrogens (primary N) is 1. The van der Waals surface area contributed by atoms with Crippen LogP contribution in [0.1, 0.15) is 18.2 Å². The van der Waals surface area contributed by atoms with Gasteiger partial charge in [0.05, 0.1) is 5.69 Å². The molecular weight excluding hydrogens is 240 g/mol. The first-order chi connectivity index (χ1) is 9.29. The van der Waals surface area contributed by atoms with Crippen molar-refractivity contribution in [2.24, 2.45) is 5.73 Å². The Kier molecular flexibility index (Phi) is 5.72. The van der Waals surface area contributed by atoms with Crippen molar-refractivity contribution >= 4 is 0 Å². The Balaban J connectivity index is 1.73. The Hall–Kier alpha value is -1.01. The molecule has 0 aliphatic carbocycles. The molecule has 0 aromatic carbocycles.